The zero-order valence-corrected chi connectivity index (χ0v) is 14.7. The molecule has 0 bridgehead atoms. The van der Waals surface area contributed by atoms with Crippen LogP contribution in [0.2, 0.25) is 0 Å². The molecule has 6 nitrogen and oxygen atoms in total. The summed E-state index contributed by atoms with van der Waals surface area (Å²) in [5, 5.41) is 0. The summed E-state index contributed by atoms with van der Waals surface area (Å²) in [6.07, 6.45) is 1.69. The second kappa shape index (κ2) is 9.27. The SMILES string of the molecule is C=C(C)C(=O)OCCOC(CC)(CS(=O)(=O)O)[C](CC)CC. The molecule has 0 rings (SSSR count). The summed E-state index contributed by atoms with van der Waals surface area (Å²) in [5.74, 6) is -0.114. The fourth-order valence-corrected chi connectivity index (χ4v) is 3.46. The number of carbonyl (C=O) groups is 1. The second-order valence-electron chi connectivity index (χ2n) is 5.15. The van der Waals surface area contributed by atoms with Crippen LogP contribution in [0.5, 0.6) is 0 Å². The van der Waals surface area contributed by atoms with E-state index in [0.29, 0.717) is 19.3 Å². The van der Waals surface area contributed by atoms with Crippen LogP contribution in [0.1, 0.15) is 47.0 Å². The first-order chi connectivity index (χ1) is 10.1. The number of esters is 1. The van der Waals surface area contributed by atoms with E-state index >= 15 is 0 Å². The molecule has 0 saturated carbocycles. The van der Waals surface area contributed by atoms with E-state index in [1.54, 1.807) is 6.92 Å². The predicted octanol–water partition coefficient (Wildman–Crippen LogP) is 2.55. The van der Waals surface area contributed by atoms with Crippen molar-refractivity contribution < 1.29 is 27.2 Å². The van der Waals surface area contributed by atoms with Gasteiger partial charge in [0.15, 0.2) is 0 Å². The first kappa shape index (κ1) is 21.1. The van der Waals surface area contributed by atoms with E-state index in [1.165, 1.54) is 6.92 Å². The monoisotopic (exact) mass is 335 g/mol. The molecule has 0 aromatic carbocycles. The smallest absolute Gasteiger partial charge is 0.333 e. The molecule has 0 aromatic rings. The van der Waals surface area contributed by atoms with Gasteiger partial charge in [-0.3, -0.25) is 4.55 Å². The molecule has 0 aliphatic rings. The lowest BCUT2D eigenvalue weighted by atomic mass is 9.82. The van der Waals surface area contributed by atoms with Crippen molar-refractivity contribution >= 4 is 16.1 Å². The highest BCUT2D eigenvalue weighted by Crippen LogP contribution is 2.34. The molecule has 0 aromatic heterocycles. The Morgan fingerprint density at radius 1 is 1.18 bits per heavy atom. The van der Waals surface area contributed by atoms with Crippen molar-refractivity contribution in [2.75, 3.05) is 19.0 Å². The maximum Gasteiger partial charge on any atom is 0.333 e. The highest BCUT2D eigenvalue weighted by Gasteiger charge is 2.40. The van der Waals surface area contributed by atoms with Crippen LogP contribution in [0.25, 0.3) is 0 Å². The Labute approximate surface area is 133 Å². The molecule has 1 unspecified atom stereocenters. The number of ether oxygens (including phenoxy) is 2. The second-order valence-corrected chi connectivity index (χ2v) is 6.60. The van der Waals surface area contributed by atoms with Crippen LogP contribution >= 0.6 is 0 Å². The Hall–Kier alpha value is -0.920. The summed E-state index contributed by atoms with van der Waals surface area (Å²) in [7, 11) is -4.19. The Kier molecular flexibility index (Phi) is 8.88. The minimum absolute atomic E-state index is 0.000369. The highest BCUT2D eigenvalue weighted by molar-refractivity contribution is 7.85. The summed E-state index contributed by atoms with van der Waals surface area (Å²) >= 11 is 0. The van der Waals surface area contributed by atoms with E-state index in [0.717, 1.165) is 5.92 Å². The predicted molar refractivity (Wildman–Crippen MR) is 85.0 cm³/mol. The van der Waals surface area contributed by atoms with Gasteiger partial charge in [-0.2, -0.15) is 8.42 Å². The van der Waals surface area contributed by atoms with Crippen molar-refractivity contribution in [1.82, 2.24) is 0 Å². The number of carbonyl (C=O) groups excluding carboxylic acids is 1. The molecular weight excluding hydrogens is 308 g/mol. The van der Waals surface area contributed by atoms with E-state index in [2.05, 4.69) is 6.58 Å². The maximum absolute atomic E-state index is 11.3. The first-order valence-electron chi connectivity index (χ1n) is 7.38. The average molecular weight is 335 g/mol. The molecule has 0 aliphatic carbocycles. The lowest BCUT2D eigenvalue weighted by Gasteiger charge is -2.38. The fourth-order valence-electron chi connectivity index (χ4n) is 2.38. The van der Waals surface area contributed by atoms with Crippen LogP contribution in [-0.4, -0.2) is 43.5 Å². The number of hydrogen-bond donors (Lipinski definition) is 1. The molecule has 1 N–H and O–H groups in total. The zero-order valence-electron chi connectivity index (χ0n) is 13.8. The van der Waals surface area contributed by atoms with Gasteiger partial charge >= 0.3 is 5.97 Å². The third-order valence-corrected chi connectivity index (χ3v) is 4.36. The summed E-state index contributed by atoms with van der Waals surface area (Å²) in [5.41, 5.74) is -0.777. The zero-order chi connectivity index (χ0) is 17.4. The molecule has 129 valence electrons. The Balaban J connectivity index is 4.93. The summed E-state index contributed by atoms with van der Waals surface area (Å²) in [6, 6.07) is 0. The van der Waals surface area contributed by atoms with Crippen molar-refractivity contribution in [2.45, 2.75) is 52.6 Å². The standard InChI is InChI=1S/C15H27O6S/c1-6-13(7-2)15(8-3,11-22(17,18)19)21-10-9-20-14(16)12(4)5/h4,6-11H2,1-3,5H3,(H,17,18,19). The molecule has 1 atom stereocenters. The van der Waals surface area contributed by atoms with Crippen LogP contribution < -0.4 is 0 Å². The van der Waals surface area contributed by atoms with Gasteiger partial charge in [-0.1, -0.05) is 27.4 Å². The summed E-state index contributed by atoms with van der Waals surface area (Å²) in [4.78, 5) is 11.3. The Morgan fingerprint density at radius 3 is 2.09 bits per heavy atom. The highest BCUT2D eigenvalue weighted by atomic mass is 32.2. The minimum atomic E-state index is -4.19. The van der Waals surface area contributed by atoms with Crippen molar-refractivity contribution in [1.29, 1.82) is 0 Å². The van der Waals surface area contributed by atoms with E-state index in [-0.39, 0.29) is 18.8 Å². The topological polar surface area (TPSA) is 89.9 Å². The molecule has 0 saturated heterocycles. The van der Waals surface area contributed by atoms with Crippen molar-refractivity contribution in [3.63, 3.8) is 0 Å². The normalized spacial score (nSPS) is 14.6. The van der Waals surface area contributed by atoms with Crippen LogP contribution in [-0.2, 0) is 24.4 Å². The van der Waals surface area contributed by atoms with Gasteiger partial charge in [0, 0.05) is 11.5 Å². The number of rotatable bonds is 11. The van der Waals surface area contributed by atoms with Crippen LogP contribution in [0.3, 0.4) is 0 Å². The molecule has 0 heterocycles. The van der Waals surface area contributed by atoms with Crippen molar-refractivity contribution in [2.24, 2.45) is 0 Å². The largest absolute Gasteiger partial charge is 0.460 e. The third-order valence-electron chi connectivity index (χ3n) is 3.53. The molecule has 1 radical (unpaired) electrons. The Morgan fingerprint density at radius 2 is 1.73 bits per heavy atom. The van der Waals surface area contributed by atoms with Gasteiger partial charge in [0.1, 0.15) is 12.4 Å². The van der Waals surface area contributed by atoms with Gasteiger partial charge in [-0.05, 0) is 26.2 Å². The van der Waals surface area contributed by atoms with Gasteiger partial charge in [0.05, 0.1) is 12.2 Å². The van der Waals surface area contributed by atoms with Gasteiger partial charge in [-0.15, -0.1) is 0 Å². The Bertz CT molecular complexity index is 466. The molecule has 22 heavy (non-hydrogen) atoms. The van der Waals surface area contributed by atoms with Gasteiger partial charge in [0.2, 0.25) is 0 Å². The number of hydrogen-bond acceptors (Lipinski definition) is 5. The minimum Gasteiger partial charge on any atom is -0.460 e. The van der Waals surface area contributed by atoms with Gasteiger partial charge in [-0.25, -0.2) is 4.79 Å². The summed E-state index contributed by atoms with van der Waals surface area (Å²) < 4.78 is 42.6. The molecule has 0 spiro atoms. The van der Waals surface area contributed by atoms with Crippen LogP contribution in [0, 0.1) is 5.92 Å². The van der Waals surface area contributed by atoms with Crippen molar-refractivity contribution in [3.05, 3.63) is 18.1 Å². The molecule has 0 fully saturated rings. The maximum atomic E-state index is 11.3. The van der Waals surface area contributed by atoms with Gasteiger partial charge in [0.25, 0.3) is 10.1 Å². The van der Waals surface area contributed by atoms with E-state index < -0.39 is 27.4 Å². The van der Waals surface area contributed by atoms with E-state index in [4.69, 9.17) is 9.47 Å². The quantitative estimate of drug-likeness (QED) is 0.270. The van der Waals surface area contributed by atoms with Crippen LogP contribution in [0.4, 0.5) is 0 Å². The summed E-state index contributed by atoms with van der Waals surface area (Å²) in [6.45, 7) is 10.7. The van der Waals surface area contributed by atoms with E-state index in [1.807, 2.05) is 13.8 Å². The third kappa shape index (κ3) is 6.89. The van der Waals surface area contributed by atoms with E-state index in [9.17, 15) is 17.8 Å². The van der Waals surface area contributed by atoms with Crippen molar-refractivity contribution in [3.8, 4) is 0 Å². The molecule has 7 heteroatoms. The van der Waals surface area contributed by atoms with Crippen LogP contribution in [0.15, 0.2) is 12.2 Å². The molecule has 0 amide bonds. The van der Waals surface area contributed by atoms with Gasteiger partial charge < -0.3 is 9.47 Å². The fraction of sp³-hybridized carbons (Fsp3) is 0.733. The lowest BCUT2D eigenvalue weighted by molar-refractivity contribution is -0.142. The first-order valence-corrected chi connectivity index (χ1v) is 8.99. The molecule has 0 aliphatic heterocycles. The molecular formula is C15H27O6S. The lowest BCUT2D eigenvalue weighted by Crippen LogP contribution is -2.45. The average Bonchev–Trinajstić information content (AvgIpc) is 2.42.